The van der Waals surface area contributed by atoms with Crippen molar-refractivity contribution in [3.63, 3.8) is 0 Å². The van der Waals surface area contributed by atoms with Gasteiger partial charge in [0, 0.05) is 38.6 Å². The summed E-state index contributed by atoms with van der Waals surface area (Å²) in [6.45, 7) is 7.79. The van der Waals surface area contributed by atoms with Crippen molar-refractivity contribution in [3.05, 3.63) is 18.0 Å². The Morgan fingerprint density at radius 3 is 2.20 bits per heavy atom. The molecule has 0 aromatic carbocycles. The van der Waals surface area contributed by atoms with Gasteiger partial charge in [-0.2, -0.15) is 0 Å². The second kappa shape index (κ2) is 7.22. The standard InChI is InChI=1S/C15H24N4O/c1-3-7-18(8-4-2)14(20)13-11-16-15(17-12-13)19-9-5-6-10-19/h11-12H,3-10H2,1-2H3. The molecule has 1 amide bonds. The van der Waals surface area contributed by atoms with Gasteiger partial charge in [-0.3, -0.25) is 4.79 Å². The Balaban J connectivity index is 2.05. The lowest BCUT2D eigenvalue weighted by Crippen LogP contribution is -2.32. The van der Waals surface area contributed by atoms with E-state index in [9.17, 15) is 4.79 Å². The summed E-state index contributed by atoms with van der Waals surface area (Å²) in [5.74, 6) is 0.790. The first-order valence-corrected chi connectivity index (χ1v) is 7.62. The van der Waals surface area contributed by atoms with Crippen molar-refractivity contribution in [2.24, 2.45) is 0 Å². The summed E-state index contributed by atoms with van der Waals surface area (Å²) < 4.78 is 0. The molecule has 2 rings (SSSR count). The lowest BCUT2D eigenvalue weighted by Gasteiger charge is -2.21. The molecule has 2 heterocycles. The number of nitrogens with zero attached hydrogens (tertiary/aromatic N) is 4. The SMILES string of the molecule is CCCN(CCC)C(=O)c1cnc(N2CCCC2)nc1. The maximum Gasteiger partial charge on any atom is 0.256 e. The molecule has 1 aliphatic rings. The van der Waals surface area contributed by atoms with Crippen LogP contribution in [0.1, 0.15) is 49.9 Å². The second-order valence-corrected chi connectivity index (χ2v) is 5.26. The predicted molar refractivity (Wildman–Crippen MR) is 80.0 cm³/mol. The zero-order valence-electron chi connectivity index (χ0n) is 12.5. The number of rotatable bonds is 6. The van der Waals surface area contributed by atoms with E-state index in [1.807, 2.05) is 4.90 Å². The van der Waals surface area contributed by atoms with E-state index in [0.717, 1.165) is 45.0 Å². The highest BCUT2D eigenvalue weighted by atomic mass is 16.2. The van der Waals surface area contributed by atoms with Crippen LogP contribution in [0.5, 0.6) is 0 Å². The van der Waals surface area contributed by atoms with E-state index in [1.165, 1.54) is 12.8 Å². The predicted octanol–water partition coefficient (Wildman–Crippen LogP) is 2.34. The zero-order chi connectivity index (χ0) is 14.4. The van der Waals surface area contributed by atoms with Crippen molar-refractivity contribution < 1.29 is 4.79 Å². The molecule has 0 radical (unpaired) electrons. The normalized spacial score (nSPS) is 14.6. The summed E-state index contributed by atoms with van der Waals surface area (Å²) in [7, 11) is 0. The van der Waals surface area contributed by atoms with Crippen molar-refractivity contribution >= 4 is 11.9 Å². The fraction of sp³-hybridized carbons (Fsp3) is 0.667. The molecular formula is C15H24N4O. The number of hydrogen-bond donors (Lipinski definition) is 0. The Bertz CT molecular complexity index is 420. The average molecular weight is 276 g/mol. The first-order valence-electron chi connectivity index (χ1n) is 7.62. The molecule has 0 aliphatic carbocycles. The Morgan fingerprint density at radius 2 is 1.70 bits per heavy atom. The number of carbonyl (C=O) groups excluding carboxylic acids is 1. The summed E-state index contributed by atoms with van der Waals surface area (Å²) in [5.41, 5.74) is 0.592. The van der Waals surface area contributed by atoms with Gasteiger partial charge >= 0.3 is 0 Å². The van der Waals surface area contributed by atoms with Crippen LogP contribution >= 0.6 is 0 Å². The lowest BCUT2D eigenvalue weighted by atomic mass is 10.2. The number of aromatic nitrogens is 2. The van der Waals surface area contributed by atoms with Gasteiger partial charge < -0.3 is 9.80 Å². The van der Waals surface area contributed by atoms with E-state index in [-0.39, 0.29) is 5.91 Å². The largest absolute Gasteiger partial charge is 0.341 e. The first kappa shape index (κ1) is 14.8. The van der Waals surface area contributed by atoms with Crippen LogP contribution in [-0.2, 0) is 0 Å². The molecule has 1 aromatic rings. The highest BCUT2D eigenvalue weighted by Gasteiger charge is 2.18. The fourth-order valence-electron chi connectivity index (χ4n) is 2.55. The van der Waals surface area contributed by atoms with Gasteiger partial charge in [-0.25, -0.2) is 9.97 Å². The monoisotopic (exact) mass is 276 g/mol. The molecule has 20 heavy (non-hydrogen) atoms. The molecule has 5 nitrogen and oxygen atoms in total. The van der Waals surface area contributed by atoms with Gasteiger partial charge in [0.15, 0.2) is 0 Å². The first-order chi connectivity index (χ1) is 9.76. The number of carbonyl (C=O) groups is 1. The third-order valence-corrected chi connectivity index (χ3v) is 3.55. The average Bonchev–Trinajstić information content (AvgIpc) is 3.01. The highest BCUT2D eigenvalue weighted by Crippen LogP contribution is 2.15. The summed E-state index contributed by atoms with van der Waals surface area (Å²) in [6.07, 6.45) is 7.68. The van der Waals surface area contributed by atoms with E-state index in [2.05, 4.69) is 28.7 Å². The third kappa shape index (κ3) is 3.46. The molecule has 0 bridgehead atoms. The molecule has 0 atom stereocenters. The van der Waals surface area contributed by atoms with Crippen molar-refractivity contribution in [3.8, 4) is 0 Å². The van der Waals surface area contributed by atoms with Crippen molar-refractivity contribution in [1.82, 2.24) is 14.9 Å². The fourth-order valence-corrected chi connectivity index (χ4v) is 2.55. The van der Waals surface area contributed by atoms with Crippen LogP contribution in [0.25, 0.3) is 0 Å². The van der Waals surface area contributed by atoms with E-state index < -0.39 is 0 Å². The van der Waals surface area contributed by atoms with Gasteiger partial charge in [-0.1, -0.05) is 13.8 Å². The molecule has 1 saturated heterocycles. The van der Waals surface area contributed by atoms with E-state index >= 15 is 0 Å². The van der Waals surface area contributed by atoms with Gasteiger partial charge in [0.2, 0.25) is 5.95 Å². The van der Waals surface area contributed by atoms with E-state index in [0.29, 0.717) is 5.56 Å². The minimum atomic E-state index is 0.0432. The van der Waals surface area contributed by atoms with Crippen molar-refractivity contribution in [1.29, 1.82) is 0 Å². The van der Waals surface area contributed by atoms with Gasteiger partial charge in [0.1, 0.15) is 0 Å². The summed E-state index contributed by atoms with van der Waals surface area (Å²) in [6, 6.07) is 0. The van der Waals surface area contributed by atoms with Crippen LogP contribution in [0, 0.1) is 0 Å². The minimum absolute atomic E-state index is 0.0432. The molecule has 0 unspecified atom stereocenters. The van der Waals surface area contributed by atoms with Gasteiger partial charge in [-0.15, -0.1) is 0 Å². The molecule has 0 N–H and O–H groups in total. The van der Waals surface area contributed by atoms with E-state index in [1.54, 1.807) is 12.4 Å². The van der Waals surface area contributed by atoms with Crippen LogP contribution < -0.4 is 4.90 Å². The molecule has 0 spiro atoms. The van der Waals surface area contributed by atoms with Gasteiger partial charge in [-0.05, 0) is 25.7 Å². The molecule has 1 aliphatic heterocycles. The van der Waals surface area contributed by atoms with Crippen molar-refractivity contribution in [2.75, 3.05) is 31.1 Å². The van der Waals surface area contributed by atoms with Gasteiger partial charge in [0.05, 0.1) is 5.56 Å². The van der Waals surface area contributed by atoms with Crippen LogP contribution in [0.2, 0.25) is 0 Å². The van der Waals surface area contributed by atoms with Gasteiger partial charge in [0.25, 0.3) is 5.91 Å². The smallest absolute Gasteiger partial charge is 0.256 e. The van der Waals surface area contributed by atoms with Crippen LogP contribution in [0.4, 0.5) is 5.95 Å². The summed E-state index contributed by atoms with van der Waals surface area (Å²) in [5, 5.41) is 0. The minimum Gasteiger partial charge on any atom is -0.341 e. The molecule has 1 fully saturated rings. The maximum absolute atomic E-state index is 12.4. The number of amides is 1. The maximum atomic E-state index is 12.4. The summed E-state index contributed by atoms with van der Waals surface area (Å²) >= 11 is 0. The second-order valence-electron chi connectivity index (χ2n) is 5.26. The Hall–Kier alpha value is -1.65. The Labute approximate surface area is 121 Å². The van der Waals surface area contributed by atoms with E-state index in [4.69, 9.17) is 0 Å². The molecular weight excluding hydrogens is 252 g/mol. The topological polar surface area (TPSA) is 49.3 Å². The Morgan fingerprint density at radius 1 is 1.15 bits per heavy atom. The number of anilines is 1. The lowest BCUT2D eigenvalue weighted by molar-refractivity contribution is 0.0754. The quantitative estimate of drug-likeness (QED) is 0.800. The van der Waals surface area contributed by atoms with Crippen LogP contribution in [0.3, 0.4) is 0 Å². The highest BCUT2D eigenvalue weighted by molar-refractivity contribution is 5.93. The van der Waals surface area contributed by atoms with Crippen LogP contribution in [-0.4, -0.2) is 47.0 Å². The molecule has 1 aromatic heterocycles. The Kier molecular flexibility index (Phi) is 5.32. The molecule has 0 saturated carbocycles. The van der Waals surface area contributed by atoms with Crippen molar-refractivity contribution in [2.45, 2.75) is 39.5 Å². The zero-order valence-corrected chi connectivity index (χ0v) is 12.5. The molecule has 5 heteroatoms. The third-order valence-electron chi connectivity index (χ3n) is 3.55. The summed E-state index contributed by atoms with van der Waals surface area (Å²) in [4.78, 5) is 25.1. The molecule has 110 valence electrons. The van der Waals surface area contributed by atoms with Crippen LogP contribution in [0.15, 0.2) is 12.4 Å². The number of hydrogen-bond acceptors (Lipinski definition) is 4.